The van der Waals surface area contributed by atoms with Gasteiger partial charge in [-0.3, -0.25) is 0 Å². The van der Waals surface area contributed by atoms with Crippen LogP contribution in [0.15, 0.2) is 23.1 Å². The minimum atomic E-state index is -3.39. The second-order valence-corrected chi connectivity index (χ2v) is 6.78. The molecule has 1 aromatic rings. The normalized spacial score (nSPS) is 20.3. The molecular weight excluding hydrogens is 284 g/mol. The van der Waals surface area contributed by atoms with E-state index in [4.69, 9.17) is 5.73 Å². The topological polar surface area (TPSA) is 63.4 Å². The van der Waals surface area contributed by atoms with E-state index in [1.54, 1.807) is 10.4 Å². The van der Waals surface area contributed by atoms with Crippen LogP contribution < -0.4 is 5.73 Å². The Morgan fingerprint density at radius 2 is 2.05 bits per heavy atom. The Labute approximate surface area is 121 Å². The van der Waals surface area contributed by atoms with E-state index < -0.39 is 10.0 Å². The molecule has 108 valence electrons. The van der Waals surface area contributed by atoms with Crippen LogP contribution in [0.4, 0.5) is 0 Å². The van der Waals surface area contributed by atoms with Crippen LogP contribution in [0.1, 0.15) is 24.0 Å². The fraction of sp³-hybridized carbons (Fsp3) is 0.538. The summed E-state index contributed by atoms with van der Waals surface area (Å²) in [6.07, 6.45) is 1.76. The Hall–Kier alpha value is -0.620. The van der Waals surface area contributed by atoms with Gasteiger partial charge in [-0.15, -0.1) is 12.4 Å². The smallest absolute Gasteiger partial charge is 0.243 e. The molecule has 1 heterocycles. The molecule has 1 fully saturated rings. The highest BCUT2D eigenvalue weighted by molar-refractivity contribution is 7.89. The first-order valence-corrected chi connectivity index (χ1v) is 7.70. The quantitative estimate of drug-likeness (QED) is 0.927. The second kappa shape index (κ2) is 6.22. The third kappa shape index (κ3) is 3.11. The van der Waals surface area contributed by atoms with Crippen molar-refractivity contribution in [3.05, 3.63) is 29.3 Å². The lowest BCUT2D eigenvalue weighted by Crippen LogP contribution is -2.40. The summed E-state index contributed by atoms with van der Waals surface area (Å²) in [7, 11) is -3.39. The summed E-state index contributed by atoms with van der Waals surface area (Å²) in [4.78, 5) is 0.411. The summed E-state index contributed by atoms with van der Waals surface area (Å²) in [6, 6.07) is 5.40. The predicted molar refractivity (Wildman–Crippen MR) is 79.1 cm³/mol. The molecule has 1 aromatic carbocycles. The maximum atomic E-state index is 12.6. The predicted octanol–water partition coefficient (Wildman–Crippen LogP) is 1.84. The van der Waals surface area contributed by atoms with Crippen LogP contribution in [0.2, 0.25) is 0 Å². The fourth-order valence-electron chi connectivity index (χ4n) is 2.58. The van der Waals surface area contributed by atoms with Gasteiger partial charge < -0.3 is 5.73 Å². The lowest BCUT2D eigenvalue weighted by Gasteiger charge is -2.23. The molecule has 19 heavy (non-hydrogen) atoms. The molecule has 6 heteroatoms. The molecular formula is C13H21ClN2O2S. The molecule has 1 atom stereocenters. The van der Waals surface area contributed by atoms with Gasteiger partial charge in [-0.2, -0.15) is 4.31 Å². The number of hydrogen-bond acceptors (Lipinski definition) is 3. The van der Waals surface area contributed by atoms with Gasteiger partial charge in [0.2, 0.25) is 10.0 Å². The fourth-order valence-corrected chi connectivity index (χ4v) is 4.49. The molecule has 0 spiro atoms. The first kappa shape index (κ1) is 16.4. The van der Waals surface area contributed by atoms with E-state index in [-0.39, 0.29) is 18.4 Å². The van der Waals surface area contributed by atoms with E-state index >= 15 is 0 Å². The van der Waals surface area contributed by atoms with Crippen molar-refractivity contribution in [2.24, 2.45) is 5.73 Å². The first-order valence-electron chi connectivity index (χ1n) is 6.26. The minimum Gasteiger partial charge on any atom is -0.329 e. The van der Waals surface area contributed by atoms with Gasteiger partial charge in [-0.1, -0.05) is 17.7 Å². The Morgan fingerprint density at radius 3 is 2.63 bits per heavy atom. The van der Waals surface area contributed by atoms with Crippen LogP contribution in [0.5, 0.6) is 0 Å². The number of sulfonamides is 1. The van der Waals surface area contributed by atoms with Gasteiger partial charge in [-0.25, -0.2) is 8.42 Å². The molecule has 0 amide bonds. The Bertz CT molecular complexity index is 546. The molecule has 0 bridgehead atoms. The van der Waals surface area contributed by atoms with Gasteiger partial charge in [0.05, 0.1) is 4.90 Å². The average molecular weight is 305 g/mol. The van der Waals surface area contributed by atoms with Crippen molar-refractivity contribution < 1.29 is 8.42 Å². The highest BCUT2D eigenvalue weighted by Gasteiger charge is 2.34. The van der Waals surface area contributed by atoms with Crippen molar-refractivity contribution in [2.75, 3.05) is 13.1 Å². The summed E-state index contributed by atoms with van der Waals surface area (Å²) in [5.74, 6) is 0. The molecule has 2 N–H and O–H groups in total. The molecule has 0 saturated carbocycles. The highest BCUT2D eigenvalue weighted by Crippen LogP contribution is 2.27. The van der Waals surface area contributed by atoms with Crippen LogP contribution in [0.25, 0.3) is 0 Å². The summed E-state index contributed by atoms with van der Waals surface area (Å²) in [5, 5.41) is 0. The van der Waals surface area contributed by atoms with E-state index in [0.29, 0.717) is 18.0 Å². The van der Waals surface area contributed by atoms with Gasteiger partial charge in [0.25, 0.3) is 0 Å². The van der Waals surface area contributed by atoms with Gasteiger partial charge in [0.15, 0.2) is 0 Å². The average Bonchev–Trinajstić information content (AvgIpc) is 2.76. The van der Waals surface area contributed by atoms with Crippen LogP contribution in [-0.4, -0.2) is 31.9 Å². The third-order valence-corrected chi connectivity index (χ3v) is 5.62. The SMILES string of the molecule is Cc1ccc(S(=O)(=O)N2CCCC2CN)c(C)c1.Cl. The van der Waals surface area contributed by atoms with E-state index in [1.807, 2.05) is 26.0 Å². The summed E-state index contributed by atoms with van der Waals surface area (Å²) >= 11 is 0. The van der Waals surface area contributed by atoms with E-state index in [9.17, 15) is 8.42 Å². The van der Waals surface area contributed by atoms with Crippen LogP contribution in [0, 0.1) is 13.8 Å². The lowest BCUT2D eigenvalue weighted by atomic mass is 10.2. The number of halogens is 1. The summed E-state index contributed by atoms with van der Waals surface area (Å²) < 4.78 is 26.8. The van der Waals surface area contributed by atoms with Crippen molar-refractivity contribution >= 4 is 22.4 Å². The maximum absolute atomic E-state index is 12.6. The van der Waals surface area contributed by atoms with E-state index in [0.717, 1.165) is 24.0 Å². The van der Waals surface area contributed by atoms with Gasteiger partial charge in [0.1, 0.15) is 0 Å². The molecule has 0 aromatic heterocycles. The van der Waals surface area contributed by atoms with Crippen LogP contribution >= 0.6 is 12.4 Å². The number of benzene rings is 1. The maximum Gasteiger partial charge on any atom is 0.243 e. The number of aryl methyl sites for hydroxylation is 2. The first-order chi connectivity index (χ1) is 8.46. The second-order valence-electron chi connectivity index (χ2n) is 4.92. The van der Waals surface area contributed by atoms with Crippen LogP contribution in [-0.2, 0) is 10.0 Å². The molecule has 1 aliphatic heterocycles. The molecule has 0 aliphatic carbocycles. The van der Waals surface area contributed by atoms with Crippen molar-refractivity contribution in [3.8, 4) is 0 Å². The third-order valence-electron chi connectivity index (χ3n) is 3.51. The molecule has 1 unspecified atom stereocenters. The zero-order valence-corrected chi connectivity index (χ0v) is 12.9. The number of nitrogens with two attached hydrogens (primary N) is 1. The molecule has 2 rings (SSSR count). The molecule has 1 saturated heterocycles. The molecule has 1 aliphatic rings. The Balaban J connectivity index is 0.00000180. The van der Waals surface area contributed by atoms with Crippen LogP contribution in [0.3, 0.4) is 0 Å². The zero-order chi connectivity index (χ0) is 13.3. The van der Waals surface area contributed by atoms with E-state index in [2.05, 4.69) is 0 Å². The molecule has 0 radical (unpaired) electrons. The van der Waals surface area contributed by atoms with Crippen molar-refractivity contribution in [3.63, 3.8) is 0 Å². The van der Waals surface area contributed by atoms with E-state index in [1.165, 1.54) is 0 Å². The summed E-state index contributed by atoms with van der Waals surface area (Å²) in [5.41, 5.74) is 7.53. The van der Waals surface area contributed by atoms with Crippen molar-refractivity contribution in [2.45, 2.75) is 37.6 Å². The number of hydrogen-bond donors (Lipinski definition) is 1. The number of rotatable bonds is 3. The van der Waals surface area contributed by atoms with Gasteiger partial charge in [0, 0.05) is 19.1 Å². The number of nitrogens with zero attached hydrogens (tertiary/aromatic N) is 1. The largest absolute Gasteiger partial charge is 0.329 e. The van der Waals surface area contributed by atoms with Crippen molar-refractivity contribution in [1.82, 2.24) is 4.31 Å². The minimum absolute atomic E-state index is 0. The monoisotopic (exact) mass is 304 g/mol. The molecule has 4 nitrogen and oxygen atoms in total. The highest BCUT2D eigenvalue weighted by atomic mass is 35.5. The summed E-state index contributed by atoms with van der Waals surface area (Å²) in [6.45, 7) is 4.77. The zero-order valence-electron chi connectivity index (χ0n) is 11.3. The standard InChI is InChI=1S/C13H20N2O2S.ClH/c1-10-5-6-13(11(2)8-10)18(16,17)15-7-3-4-12(15)9-14;/h5-6,8,12H,3-4,7,9,14H2,1-2H3;1H. The van der Waals surface area contributed by atoms with Gasteiger partial charge >= 0.3 is 0 Å². The lowest BCUT2D eigenvalue weighted by molar-refractivity contribution is 0.393. The van der Waals surface area contributed by atoms with Crippen molar-refractivity contribution in [1.29, 1.82) is 0 Å². The van der Waals surface area contributed by atoms with Gasteiger partial charge in [-0.05, 0) is 38.3 Å². The Kier molecular flexibility index (Phi) is 5.38. The Morgan fingerprint density at radius 1 is 1.37 bits per heavy atom.